The van der Waals surface area contributed by atoms with E-state index in [2.05, 4.69) is 15.1 Å². The van der Waals surface area contributed by atoms with Gasteiger partial charge in [0.1, 0.15) is 5.75 Å². The van der Waals surface area contributed by atoms with Crippen molar-refractivity contribution < 1.29 is 14.3 Å². The normalized spacial score (nSPS) is 19.0. The molecule has 1 aromatic carbocycles. The maximum Gasteiger partial charge on any atom is 0.254 e. The van der Waals surface area contributed by atoms with Crippen LogP contribution in [0.2, 0.25) is 0 Å². The minimum absolute atomic E-state index is 0.0411. The Morgan fingerprint density at radius 3 is 2.68 bits per heavy atom. The smallest absolute Gasteiger partial charge is 0.254 e. The van der Waals surface area contributed by atoms with Crippen molar-refractivity contribution in [2.24, 2.45) is 0 Å². The molecule has 0 radical (unpaired) electrons. The average molecular weight is 342 g/mol. The van der Waals surface area contributed by atoms with Crippen LogP contribution in [0.3, 0.4) is 0 Å². The van der Waals surface area contributed by atoms with Gasteiger partial charge < -0.3 is 14.4 Å². The fourth-order valence-corrected chi connectivity index (χ4v) is 3.27. The zero-order chi connectivity index (χ0) is 17.2. The van der Waals surface area contributed by atoms with Crippen LogP contribution in [0.5, 0.6) is 5.75 Å². The molecular formula is C18H22N4O3. The molecule has 2 fully saturated rings. The highest BCUT2D eigenvalue weighted by atomic mass is 16.4. The summed E-state index contributed by atoms with van der Waals surface area (Å²) in [5.74, 6) is 1.97. The van der Waals surface area contributed by atoms with Crippen LogP contribution in [-0.2, 0) is 6.54 Å². The number of carbonyl (C=O) groups excluding carboxylic acids is 1. The molecule has 4 rings (SSSR count). The molecule has 1 amide bonds. The summed E-state index contributed by atoms with van der Waals surface area (Å²) in [6.45, 7) is 3.47. The lowest BCUT2D eigenvalue weighted by Crippen LogP contribution is -2.48. The summed E-state index contributed by atoms with van der Waals surface area (Å²) < 4.78 is 5.77. The molecule has 2 heterocycles. The zero-order valence-electron chi connectivity index (χ0n) is 14.1. The van der Waals surface area contributed by atoms with Crippen LogP contribution in [0.4, 0.5) is 0 Å². The van der Waals surface area contributed by atoms with Gasteiger partial charge in [0, 0.05) is 37.7 Å². The Labute approximate surface area is 146 Å². The Bertz CT molecular complexity index is 748. The monoisotopic (exact) mass is 342 g/mol. The number of carbonyl (C=O) groups is 1. The summed E-state index contributed by atoms with van der Waals surface area (Å²) in [5.41, 5.74) is 0.524. The molecule has 132 valence electrons. The van der Waals surface area contributed by atoms with Crippen molar-refractivity contribution in [1.29, 1.82) is 0 Å². The fraction of sp³-hybridized carbons (Fsp3) is 0.500. The van der Waals surface area contributed by atoms with Crippen molar-refractivity contribution >= 4 is 5.91 Å². The van der Waals surface area contributed by atoms with E-state index >= 15 is 0 Å². The van der Waals surface area contributed by atoms with Gasteiger partial charge in [-0.1, -0.05) is 12.5 Å². The van der Waals surface area contributed by atoms with E-state index in [4.69, 9.17) is 4.42 Å². The third-order valence-corrected chi connectivity index (χ3v) is 5.05. The summed E-state index contributed by atoms with van der Waals surface area (Å²) >= 11 is 0. The van der Waals surface area contributed by atoms with E-state index in [-0.39, 0.29) is 11.7 Å². The summed E-state index contributed by atoms with van der Waals surface area (Å²) in [4.78, 5) is 16.5. The largest absolute Gasteiger partial charge is 0.508 e. The number of hydrogen-bond donors (Lipinski definition) is 1. The number of hydrogen-bond acceptors (Lipinski definition) is 6. The molecule has 1 saturated carbocycles. The van der Waals surface area contributed by atoms with Gasteiger partial charge in [-0.25, -0.2) is 0 Å². The number of piperazine rings is 1. The molecule has 1 N–H and O–H groups in total. The van der Waals surface area contributed by atoms with E-state index < -0.39 is 0 Å². The lowest BCUT2D eigenvalue weighted by atomic mass is 9.85. The molecule has 0 spiro atoms. The first kappa shape index (κ1) is 16.1. The minimum Gasteiger partial charge on any atom is -0.508 e. The standard InChI is InChI=1S/C18H22N4O3/c23-15-6-2-5-14(11-15)18(24)22-9-7-21(8-10-22)12-16-19-20-17(25-16)13-3-1-4-13/h2,5-6,11,13,23H,1,3-4,7-10,12H2. The Morgan fingerprint density at radius 1 is 1.20 bits per heavy atom. The van der Waals surface area contributed by atoms with Gasteiger partial charge in [-0.05, 0) is 31.0 Å². The fourth-order valence-electron chi connectivity index (χ4n) is 3.27. The second-order valence-corrected chi connectivity index (χ2v) is 6.78. The van der Waals surface area contributed by atoms with Gasteiger partial charge in [-0.2, -0.15) is 0 Å². The first-order chi connectivity index (χ1) is 12.2. The summed E-state index contributed by atoms with van der Waals surface area (Å²) in [6.07, 6.45) is 3.55. The first-order valence-electron chi connectivity index (χ1n) is 8.82. The summed E-state index contributed by atoms with van der Waals surface area (Å²) in [5, 5.41) is 17.8. The predicted octanol–water partition coefficient (Wildman–Crippen LogP) is 2.00. The quantitative estimate of drug-likeness (QED) is 0.915. The lowest BCUT2D eigenvalue weighted by molar-refractivity contribution is 0.0616. The number of phenolic OH excluding ortho intramolecular Hbond substituents is 1. The van der Waals surface area contributed by atoms with Gasteiger partial charge in [0.25, 0.3) is 5.91 Å². The second-order valence-electron chi connectivity index (χ2n) is 6.78. The van der Waals surface area contributed by atoms with Crippen LogP contribution in [0.15, 0.2) is 28.7 Å². The topological polar surface area (TPSA) is 82.7 Å². The molecule has 1 aliphatic heterocycles. The average Bonchev–Trinajstić information content (AvgIpc) is 3.01. The zero-order valence-corrected chi connectivity index (χ0v) is 14.1. The van der Waals surface area contributed by atoms with Crippen LogP contribution in [-0.4, -0.2) is 57.2 Å². The Kier molecular flexibility index (Phi) is 4.40. The Hall–Kier alpha value is -2.41. The molecule has 2 aliphatic rings. The number of nitrogens with zero attached hydrogens (tertiary/aromatic N) is 4. The molecule has 0 unspecified atom stereocenters. The third-order valence-electron chi connectivity index (χ3n) is 5.05. The van der Waals surface area contributed by atoms with Gasteiger partial charge in [-0.15, -0.1) is 10.2 Å². The van der Waals surface area contributed by atoms with Gasteiger partial charge in [0.2, 0.25) is 11.8 Å². The maximum absolute atomic E-state index is 12.5. The van der Waals surface area contributed by atoms with Crippen LogP contribution in [0.1, 0.15) is 47.3 Å². The Morgan fingerprint density at radius 2 is 2.00 bits per heavy atom. The number of benzene rings is 1. The SMILES string of the molecule is O=C(c1cccc(O)c1)N1CCN(Cc2nnc(C3CCC3)o2)CC1. The predicted molar refractivity (Wildman–Crippen MR) is 90.2 cm³/mol. The summed E-state index contributed by atoms with van der Waals surface area (Å²) in [7, 11) is 0. The van der Waals surface area contributed by atoms with Crippen molar-refractivity contribution in [3.63, 3.8) is 0 Å². The summed E-state index contributed by atoms with van der Waals surface area (Å²) in [6, 6.07) is 6.50. The van der Waals surface area contributed by atoms with Crippen molar-refractivity contribution in [3.05, 3.63) is 41.6 Å². The highest BCUT2D eigenvalue weighted by molar-refractivity contribution is 5.94. The molecule has 0 bridgehead atoms. The van der Waals surface area contributed by atoms with Crippen molar-refractivity contribution in [2.45, 2.75) is 31.7 Å². The molecule has 0 atom stereocenters. The van der Waals surface area contributed by atoms with E-state index in [0.717, 1.165) is 31.8 Å². The van der Waals surface area contributed by atoms with E-state index in [1.54, 1.807) is 18.2 Å². The van der Waals surface area contributed by atoms with Crippen molar-refractivity contribution in [2.75, 3.05) is 26.2 Å². The highest BCUT2D eigenvalue weighted by Gasteiger charge is 2.27. The molecule has 7 nitrogen and oxygen atoms in total. The van der Waals surface area contributed by atoms with Gasteiger partial charge in [0.05, 0.1) is 6.54 Å². The third kappa shape index (κ3) is 3.51. The highest BCUT2D eigenvalue weighted by Crippen LogP contribution is 2.35. The van der Waals surface area contributed by atoms with Gasteiger partial charge >= 0.3 is 0 Å². The minimum atomic E-state index is -0.0411. The van der Waals surface area contributed by atoms with E-state index in [9.17, 15) is 9.90 Å². The molecule has 7 heteroatoms. The van der Waals surface area contributed by atoms with Crippen LogP contribution >= 0.6 is 0 Å². The molecular weight excluding hydrogens is 320 g/mol. The van der Waals surface area contributed by atoms with Gasteiger partial charge in [0.15, 0.2) is 0 Å². The molecule has 1 aromatic heterocycles. The number of aromatic hydroxyl groups is 1. The molecule has 1 saturated heterocycles. The molecule has 1 aliphatic carbocycles. The van der Waals surface area contributed by atoms with Gasteiger partial charge in [-0.3, -0.25) is 9.69 Å². The van der Waals surface area contributed by atoms with Crippen LogP contribution in [0, 0.1) is 0 Å². The molecule has 2 aromatic rings. The number of phenols is 1. The van der Waals surface area contributed by atoms with Crippen molar-refractivity contribution in [3.8, 4) is 5.75 Å². The van der Waals surface area contributed by atoms with Crippen molar-refractivity contribution in [1.82, 2.24) is 20.0 Å². The van der Waals surface area contributed by atoms with Crippen LogP contribution in [0.25, 0.3) is 0 Å². The lowest BCUT2D eigenvalue weighted by Gasteiger charge is -2.34. The number of rotatable bonds is 4. The Balaban J connectivity index is 1.30. The number of aromatic nitrogens is 2. The molecule has 25 heavy (non-hydrogen) atoms. The number of amides is 1. The van der Waals surface area contributed by atoms with E-state index in [0.29, 0.717) is 37.0 Å². The first-order valence-corrected chi connectivity index (χ1v) is 8.82. The maximum atomic E-state index is 12.5. The second kappa shape index (κ2) is 6.84. The van der Waals surface area contributed by atoms with Crippen LogP contribution < -0.4 is 0 Å². The van der Waals surface area contributed by atoms with E-state index in [1.165, 1.54) is 12.5 Å². The van der Waals surface area contributed by atoms with E-state index in [1.807, 2.05) is 4.90 Å².